The Morgan fingerprint density at radius 2 is 1.75 bits per heavy atom. The van der Waals surface area contributed by atoms with Crippen LogP contribution in [-0.4, -0.2) is 9.55 Å². The number of nitrogens with zero attached hydrogens (tertiary/aromatic N) is 2. The fourth-order valence-corrected chi connectivity index (χ4v) is 2.62. The van der Waals surface area contributed by atoms with Gasteiger partial charge in [-0.05, 0) is 37.6 Å². The van der Waals surface area contributed by atoms with Gasteiger partial charge in [-0.25, -0.2) is 18.2 Å². The van der Waals surface area contributed by atoms with Crippen molar-refractivity contribution < 1.29 is 13.2 Å². The predicted molar refractivity (Wildman–Crippen MR) is 84.6 cm³/mol. The van der Waals surface area contributed by atoms with Gasteiger partial charge in [-0.15, -0.1) is 0 Å². The average Bonchev–Trinajstić information content (AvgIpc) is 2.49. The van der Waals surface area contributed by atoms with Crippen molar-refractivity contribution in [2.45, 2.75) is 19.9 Å². The minimum atomic E-state index is -0.864. The first-order valence-corrected chi connectivity index (χ1v) is 7.23. The lowest BCUT2D eigenvalue weighted by molar-refractivity contribution is 0.579. The Balaban J connectivity index is 2.51. The molecule has 3 aromatic rings. The Hall–Kier alpha value is -2.67. The molecule has 0 saturated heterocycles. The second kappa shape index (κ2) is 5.76. The van der Waals surface area contributed by atoms with Crippen LogP contribution in [0.25, 0.3) is 16.6 Å². The topological polar surface area (TPSA) is 60.9 Å². The second-order valence-electron chi connectivity index (χ2n) is 5.61. The smallest absolute Gasteiger partial charge is 0.269 e. The molecule has 1 heterocycles. The highest BCUT2D eigenvalue weighted by Gasteiger charge is 2.19. The first kappa shape index (κ1) is 16.2. The summed E-state index contributed by atoms with van der Waals surface area (Å²) in [5.74, 6) is -2.39. The lowest BCUT2D eigenvalue weighted by Crippen LogP contribution is -2.28. The Morgan fingerprint density at radius 1 is 1.12 bits per heavy atom. The first-order valence-electron chi connectivity index (χ1n) is 7.23. The van der Waals surface area contributed by atoms with E-state index in [-0.39, 0.29) is 22.4 Å². The van der Waals surface area contributed by atoms with Gasteiger partial charge in [0.15, 0.2) is 0 Å². The van der Waals surface area contributed by atoms with Crippen LogP contribution < -0.4 is 11.3 Å². The number of nitrogens with two attached hydrogens (primary N) is 1. The zero-order valence-corrected chi connectivity index (χ0v) is 13.0. The molecule has 7 heteroatoms. The lowest BCUT2D eigenvalue weighted by atomic mass is 10.1. The molecule has 0 aliphatic carbocycles. The van der Waals surface area contributed by atoms with Crippen LogP contribution >= 0.6 is 0 Å². The number of aromatic nitrogens is 2. The van der Waals surface area contributed by atoms with Crippen molar-refractivity contribution >= 4 is 10.9 Å². The van der Waals surface area contributed by atoms with E-state index in [1.165, 1.54) is 6.07 Å². The maximum atomic E-state index is 14.2. The molecule has 0 aliphatic heterocycles. The van der Waals surface area contributed by atoms with E-state index in [2.05, 4.69) is 4.98 Å². The molecule has 0 bridgehead atoms. The van der Waals surface area contributed by atoms with Crippen LogP contribution in [-0.2, 0) is 0 Å². The first-order chi connectivity index (χ1) is 11.3. The molecule has 0 fully saturated rings. The highest BCUT2D eigenvalue weighted by Crippen LogP contribution is 2.22. The number of hydrogen-bond acceptors (Lipinski definition) is 3. The Labute approximate surface area is 135 Å². The van der Waals surface area contributed by atoms with Crippen LogP contribution in [0.4, 0.5) is 13.2 Å². The summed E-state index contributed by atoms with van der Waals surface area (Å²) in [5, 5.41) is -0.246. The second-order valence-corrected chi connectivity index (χ2v) is 5.61. The van der Waals surface area contributed by atoms with Crippen molar-refractivity contribution in [3.63, 3.8) is 0 Å². The third-order valence-electron chi connectivity index (χ3n) is 3.71. The third kappa shape index (κ3) is 2.56. The largest absolute Gasteiger partial charge is 0.322 e. The molecule has 2 N–H and O–H groups in total. The minimum absolute atomic E-state index is 0.0891. The summed E-state index contributed by atoms with van der Waals surface area (Å²) in [5.41, 5.74) is 5.79. The Kier molecular flexibility index (Phi) is 3.88. The summed E-state index contributed by atoms with van der Waals surface area (Å²) in [7, 11) is 0. The lowest BCUT2D eigenvalue weighted by Gasteiger charge is -2.17. The molecule has 4 nitrogen and oxygen atoms in total. The SMILES string of the molecule is Cc1ccc(F)c2c(=O)n(-c3cc(F)cc(F)c3)c([C@H](C)N)nc12. The van der Waals surface area contributed by atoms with E-state index < -0.39 is 29.1 Å². The standard InChI is InChI=1S/C17H14F3N3O/c1-8-3-4-13(20)14-15(8)22-16(9(2)21)23(17(14)24)12-6-10(18)5-11(19)7-12/h3-7,9H,21H2,1-2H3/t9-/m0/s1. The number of fused-ring (bicyclic) bond motifs is 1. The minimum Gasteiger partial charge on any atom is -0.322 e. The van der Waals surface area contributed by atoms with Crippen molar-refractivity contribution in [3.05, 3.63) is 69.5 Å². The summed E-state index contributed by atoms with van der Waals surface area (Å²) < 4.78 is 42.2. The van der Waals surface area contributed by atoms with Gasteiger partial charge in [0.2, 0.25) is 0 Å². The Morgan fingerprint density at radius 3 is 2.33 bits per heavy atom. The van der Waals surface area contributed by atoms with Gasteiger partial charge in [0.1, 0.15) is 28.7 Å². The fraction of sp³-hybridized carbons (Fsp3) is 0.176. The number of halogens is 3. The molecular formula is C17H14F3N3O. The van der Waals surface area contributed by atoms with Crippen molar-refractivity contribution in [1.29, 1.82) is 0 Å². The average molecular weight is 333 g/mol. The zero-order chi connectivity index (χ0) is 17.6. The van der Waals surface area contributed by atoms with Crippen LogP contribution in [0.2, 0.25) is 0 Å². The van der Waals surface area contributed by atoms with Crippen LogP contribution in [0.1, 0.15) is 24.4 Å². The zero-order valence-electron chi connectivity index (χ0n) is 13.0. The summed E-state index contributed by atoms with van der Waals surface area (Å²) in [6, 6.07) is 4.56. The van der Waals surface area contributed by atoms with Gasteiger partial charge in [-0.3, -0.25) is 9.36 Å². The van der Waals surface area contributed by atoms with E-state index in [9.17, 15) is 18.0 Å². The van der Waals surface area contributed by atoms with Gasteiger partial charge in [0, 0.05) is 6.07 Å². The van der Waals surface area contributed by atoms with E-state index in [4.69, 9.17) is 5.73 Å². The molecule has 2 aromatic carbocycles. The molecule has 24 heavy (non-hydrogen) atoms. The van der Waals surface area contributed by atoms with E-state index in [0.29, 0.717) is 11.6 Å². The normalized spacial score (nSPS) is 12.6. The molecule has 0 aliphatic rings. The molecule has 0 unspecified atom stereocenters. The molecule has 124 valence electrons. The molecular weight excluding hydrogens is 319 g/mol. The summed E-state index contributed by atoms with van der Waals surface area (Å²) >= 11 is 0. The molecule has 0 amide bonds. The molecule has 0 spiro atoms. The molecule has 0 saturated carbocycles. The van der Waals surface area contributed by atoms with Crippen molar-refractivity contribution in [3.8, 4) is 5.69 Å². The molecule has 1 aromatic heterocycles. The van der Waals surface area contributed by atoms with Gasteiger partial charge in [-0.1, -0.05) is 6.07 Å². The van der Waals surface area contributed by atoms with Gasteiger partial charge in [0.05, 0.1) is 17.2 Å². The monoisotopic (exact) mass is 333 g/mol. The van der Waals surface area contributed by atoms with Crippen LogP contribution in [0, 0.1) is 24.4 Å². The number of hydrogen-bond donors (Lipinski definition) is 1. The van der Waals surface area contributed by atoms with Crippen LogP contribution in [0.3, 0.4) is 0 Å². The van der Waals surface area contributed by atoms with E-state index >= 15 is 0 Å². The summed E-state index contributed by atoms with van der Waals surface area (Å²) in [6.07, 6.45) is 0. The van der Waals surface area contributed by atoms with Gasteiger partial charge in [0.25, 0.3) is 5.56 Å². The molecule has 1 atom stereocenters. The van der Waals surface area contributed by atoms with Gasteiger partial charge < -0.3 is 5.73 Å². The summed E-state index contributed by atoms with van der Waals surface area (Å²) in [6.45, 7) is 3.26. The number of rotatable bonds is 2. The van der Waals surface area contributed by atoms with Crippen LogP contribution in [0.5, 0.6) is 0 Å². The highest BCUT2D eigenvalue weighted by molar-refractivity contribution is 5.82. The maximum absolute atomic E-state index is 14.2. The third-order valence-corrected chi connectivity index (χ3v) is 3.71. The molecule has 0 radical (unpaired) electrons. The van der Waals surface area contributed by atoms with Crippen LogP contribution in [0.15, 0.2) is 35.1 Å². The van der Waals surface area contributed by atoms with Gasteiger partial charge in [-0.2, -0.15) is 0 Å². The van der Waals surface area contributed by atoms with E-state index in [1.807, 2.05) is 0 Å². The Bertz CT molecular complexity index is 992. The highest BCUT2D eigenvalue weighted by atomic mass is 19.1. The molecule has 3 rings (SSSR count). The van der Waals surface area contributed by atoms with Crippen molar-refractivity contribution in [1.82, 2.24) is 9.55 Å². The van der Waals surface area contributed by atoms with E-state index in [1.54, 1.807) is 13.8 Å². The van der Waals surface area contributed by atoms with Crippen molar-refractivity contribution in [2.75, 3.05) is 0 Å². The maximum Gasteiger partial charge on any atom is 0.269 e. The summed E-state index contributed by atoms with van der Waals surface area (Å²) in [4.78, 5) is 17.1. The number of benzene rings is 2. The van der Waals surface area contributed by atoms with Gasteiger partial charge >= 0.3 is 0 Å². The number of aryl methyl sites for hydroxylation is 1. The fourth-order valence-electron chi connectivity index (χ4n) is 2.62. The predicted octanol–water partition coefficient (Wildman–Crippen LogP) is 3.13. The quantitative estimate of drug-likeness (QED) is 0.784. The van der Waals surface area contributed by atoms with Crippen molar-refractivity contribution in [2.24, 2.45) is 5.73 Å². The van der Waals surface area contributed by atoms with E-state index in [0.717, 1.165) is 22.8 Å².